The second-order valence-electron chi connectivity index (χ2n) is 6.36. The first-order chi connectivity index (χ1) is 12.6. The van der Waals surface area contributed by atoms with Crippen LogP contribution in [0.4, 0.5) is 4.79 Å². The number of carbonyl (C=O) groups is 2. The molecule has 2 atom stereocenters. The summed E-state index contributed by atoms with van der Waals surface area (Å²) in [6.07, 6.45) is 2.52. The maximum Gasteiger partial charge on any atom is 0.341 e. The summed E-state index contributed by atoms with van der Waals surface area (Å²) in [4.78, 5) is 33.7. The number of nitrogens with zero attached hydrogens (tertiary/aromatic N) is 2. The third kappa shape index (κ3) is 2.58. The Balaban J connectivity index is 1.79. The summed E-state index contributed by atoms with van der Waals surface area (Å²) in [6, 6.07) is 8.46. The standard InChI is InChI=1S/C20H19N3O3/c1-3-11-8-14-17-15(19(24)18(14)21-10-11)16(22-20(25)23-17)12-6-5-7-13(9-12)26-4-2/h5-10,15-16H,3-4H2,1-2H3,(H,22,25). The minimum atomic E-state index is -0.556. The third-order valence-corrected chi connectivity index (χ3v) is 4.80. The number of carbonyl (C=O) groups excluding carboxylic acids is 2. The number of hydrogen-bond donors (Lipinski definition) is 1. The Bertz CT molecular complexity index is 936. The van der Waals surface area contributed by atoms with Gasteiger partial charge in [0.15, 0.2) is 5.78 Å². The number of pyridine rings is 1. The van der Waals surface area contributed by atoms with Gasteiger partial charge in [-0.25, -0.2) is 4.79 Å². The minimum Gasteiger partial charge on any atom is -0.494 e. The Kier molecular flexibility index (Phi) is 4.03. The van der Waals surface area contributed by atoms with Gasteiger partial charge in [-0.15, -0.1) is 0 Å². The highest BCUT2D eigenvalue weighted by Crippen LogP contribution is 2.38. The van der Waals surface area contributed by atoms with E-state index in [0.717, 1.165) is 17.5 Å². The smallest absolute Gasteiger partial charge is 0.341 e. The number of fused-ring (bicyclic) bond motifs is 3. The molecule has 0 radical (unpaired) electrons. The number of ether oxygens (including phenoxy) is 1. The van der Waals surface area contributed by atoms with E-state index < -0.39 is 18.0 Å². The Morgan fingerprint density at radius 1 is 1.19 bits per heavy atom. The lowest BCUT2D eigenvalue weighted by Gasteiger charge is -2.27. The number of urea groups is 1. The average Bonchev–Trinajstić information content (AvgIpc) is 2.93. The van der Waals surface area contributed by atoms with Crippen LogP contribution in [0.25, 0.3) is 0 Å². The van der Waals surface area contributed by atoms with Crippen LogP contribution in [0.2, 0.25) is 0 Å². The van der Waals surface area contributed by atoms with Gasteiger partial charge in [0.2, 0.25) is 0 Å². The van der Waals surface area contributed by atoms with Crippen LogP contribution in [0.1, 0.15) is 47.1 Å². The average molecular weight is 349 g/mol. The van der Waals surface area contributed by atoms with E-state index in [9.17, 15) is 9.59 Å². The molecule has 1 aromatic heterocycles. The lowest BCUT2D eigenvalue weighted by atomic mass is 9.87. The molecule has 2 unspecified atom stereocenters. The van der Waals surface area contributed by atoms with Crippen LogP contribution in [-0.2, 0) is 6.42 Å². The van der Waals surface area contributed by atoms with E-state index in [4.69, 9.17) is 4.74 Å². The molecule has 6 heteroatoms. The molecular weight excluding hydrogens is 330 g/mol. The number of hydrogen-bond acceptors (Lipinski definition) is 4. The molecule has 0 spiro atoms. The van der Waals surface area contributed by atoms with E-state index in [1.165, 1.54) is 0 Å². The van der Waals surface area contributed by atoms with Crippen molar-refractivity contribution >= 4 is 17.5 Å². The van der Waals surface area contributed by atoms with Crippen LogP contribution in [0.15, 0.2) is 41.5 Å². The fraction of sp³-hybridized carbons (Fsp3) is 0.300. The molecule has 0 bridgehead atoms. The van der Waals surface area contributed by atoms with E-state index in [1.807, 2.05) is 44.2 Å². The Hall–Kier alpha value is -3.02. The zero-order valence-electron chi connectivity index (χ0n) is 14.7. The molecule has 2 heterocycles. The van der Waals surface area contributed by atoms with Crippen molar-refractivity contribution in [3.05, 3.63) is 58.9 Å². The predicted molar refractivity (Wildman–Crippen MR) is 96.9 cm³/mol. The number of aliphatic imine (C=N–C) groups is 1. The molecule has 1 aromatic carbocycles. The zero-order valence-corrected chi connectivity index (χ0v) is 14.7. The number of aromatic nitrogens is 1. The SMILES string of the molecule is CCOc1cccc(C2NC(=O)N=C3c4cc(CC)cnc4C(=O)C32)c1. The van der Waals surface area contributed by atoms with Gasteiger partial charge in [-0.1, -0.05) is 19.1 Å². The maximum atomic E-state index is 13.0. The number of aryl methyl sites for hydroxylation is 1. The molecule has 2 aliphatic rings. The first-order valence-electron chi connectivity index (χ1n) is 8.77. The van der Waals surface area contributed by atoms with Crippen LogP contribution < -0.4 is 10.1 Å². The number of nitrogens with one attached hydrogen (secondary N) is 1. The van der Waals surface area contributed by atoms with Crippen molar-refractivity contribution in [1.29, 1.82) is 0 Å². The van der Waals surface area contributed by atoms with E-state index in [1.54, 1.807) is 6.20 Å². The van der Waals surface area contributed by atoms with Gasteiger partial charge in [0.05, 0.1) is 24.3 Å². The first kappa shape index (κ1) is 16.4. The molecule has 0 saturated carbocycles. The number of amides is 2. The fourth-order valence-electron chi connectivity index (χ4n) is 3.57. The summed E-state index contributed by atoms with van der Waals surface area (Å²) in [6.45, 7) is 4.48. The van der Waals surface area contributed by atoms with Crippen molar-refractivity contribution in [1.82, 2.24) is 10.3 Å². The highest BCUT2D eigenvalue weighted by Gasteiger charge is 2.46. The summed E-state index contributed by atoms with van der Waals surface area (Å²) in [7, 11) is 0. The van der Waals surface area contributed by atoms with Gasteiger partial charge in [-0.3, -0.25) is 9.78 Å². The van der Waals surface area contributed by atoms with Crippen molar-refractivity contribution in [2.24, 2.45) is 10.9 Å². The normalized spacial score (nSPS) is 20.9. The maximum absolute atomic E-state index is 13.0. The molecule has 1 N–H and O–H groups in total. The van der Waals surface area contributed by atoms with Gasteiger partial charge in [0.25, 0.3) is 0 Å². The van der Waals surface area contributed by atoms with Crippen molar-refractivity contribution in [3.63, 3.8) is 0 Å². The molecule has 1 aliphatic heterocycles. The summed E-state index contributed by atoms with van der Waals surface area (Å²) in [5.41, 5.74) is 3.43. The van der Waals surface area contributed by atoms with E-state index in [0.29, 0.717) is 29.3 Å². The molecule has 2 aromatic rings. The van der Waals surface area contributed by atoms with Gasteiger partial charge >= 0.3 is 6.03 Å². The molecule has 2 amide bonds. The fourth-order valence-corrected chi connectivity index (χ4v) is 3.57. The van der Waals surface area contributed by atoms with Gasteiger partial charge < -0.3 is 10.1 Å². The third-order valence-electron chi connectivity index (χ3n) is 4.80. The highest BCUT2D eigenvalue weighted by atomic mass is 16.5. The van der Waals surface area contributed by atoms with Gasteiger partial charge in [0, 0.05) is 11.8 Å². The molecule has 0 saturated heterocycles. The summed E-state index contributed by atoms with van der Waals surface area (Å²) < 4.78 is 5.55. The molecule has 26 heavy (non-hydrogen) atoms. The quantitative estimate of drug-likeness (QED) is 0.920. The number of benzene rings is 1. The van der Waals surface area contributed by atoms with Gasteiger partial charge in [-0.05, 0) is 42.7 Å². The van der Waals surface area contributed by atoms with E-state index in [-0.39, 0.29) is 5.78 Å². The summed E-state index contributed by atoms with van der Waals surface area (Å²) in [5.74, 6) is 0.0464. The minimum absolute atomic E-state index is 0.104. The lowest BCUT2D eigenvalue weighted by Crippen LogP contribution is -2.41. The molecule has 6 nitrogen and oxygen atoms in total. The van der Waals surface area contributed by atoms with Crippen LogP contribution in [0.5, 0.6) is 5.75 Å². The van der Waals surface area contributed by atoms with Gasteiger partial charge in [0.1, 0.15) is 11.4 Å². The van der Waals surface area contributed by atoms with E-state index >= 15 is 0 Å². The topological polar surface area (TPSA) is 80.7 Å². The molecule has 4 rings (SSSR count). The predicted octanol–water partition coefficient (Wildman–Crippen LogP) is 3.11. The lowest BCUT2D eigenvalue weighted by molar-refractivity contribution is 0.0937. The second-order valence-corrected chi connectivity index (χ2v) is 6.36. The van der Waals surface area contributed by atoms with Crippen molar-refractivity contribution in [2.45, 2.75) is 26.3 Å². The first-order valence-corrected chi connectivity index (χ1v) is 8.77. The summed E-state index contributed by atoms with van der Waals surface area (Å²) >= 11 is 0. The number of ketones is 1. The van der Waals surface area contributed by atoms with Crippen LogP contribution in [-0.4, -0.2) is 29.1 Å². The molecule has 1 aliphatic carbocycles. The monoisotopic (exact) mass is 349 g/mol. The zero-order chi connectivity index (χ0) is 18.3. The highest BCUT2D eigenvalue weighted by molar-refractivity contribution is 6.30. The van der Waals surface area contributed by atoms with Crippen LogP contribution >= 0.6 is 0 Å². The molecular formula is C20H19N3O3. The van der Waals surface area contributed by atoms with Crippen molar-refractivity contribution < 1.29 is 14.3 Å². The van der Waals surface area contributed by atoms with Crippen LogP contribution in [0, 0.1) is 5.92 Å². The molecule has 132 valence electrons. The van der Waals surface area contributed by atoms with Crippen molar-refractivity contribution in [3.8, 4) is 5.75 Å². The Morgan fingerprint density at radius 3 is 2.81 bits per heavy atom. The Morgan fingerprint density at radius 2 is 2.04 bits per heavy atom. The van der Waals surface area contributed by atoms with Crippen LogP contribution in [0.3, 0.4) is 0 Å². The number of rotatable bonds is 4. The van der Waals surface area contributed by atoms with E-state index in [2.05, 4.69) is 15.3 Å². The molecule has 0 fully saturated rings. The van der Waals surface area contributed by atoms with Crippen molar-refractivity contribution in [2.75, 3.05) is 6.61 Å². The Labute approximate surface area is 151 Å². The number of Topliss-reactive ketones (excluding diaryl/α,β-unsaturated/α-hetero) is 1. The largest absolute Gasteiger partial charge is 0.494 e. The summed E-state index contributed by atoms with van der Waals surface area (Å²) in [5, 5.41) is 2.84. The van der Waals surface area contributed by atoms with Gasteiger partial charge in [-0.2, -0.15) is 4.99 Å². The second kappa shape index (κ2) is 6.37.